The Balaban J connectivity index is 1.66. The highest BCUT2D eigenvalue weighted by molar-refractivity contribution is 5.59. The first-order valence-corrected chi connectivity index (χ1v) is 7.04. The van der Waals surface area contributed by atoms with Crippen molar-refractivity contribution in [1.29, 1.82) is 0 Å². The van der Waals surface area contributed by atoms with Crippen LogP contribution in [0.1, 0.15) is 11.1 Å². The van der Waals surface area contributed by atoms with E-state index in [4.69, 9.17) is 9.52 Å². The molecule has 1 aromatic heterocycles. The number of hydrogen-bond acceptors (Lipinski definition) is 6. The van der Waals surface area contributed by atoms with Crippen LogP contribution in [0.3, 0.4) is 0 Å². The number of aromatic nitrogens is 1. The summed E-state index contributed by atoms with van der Waals surface area (Å²) < 4.78 is 5.22. The van der Waals surface area contributed by atoms with Crippen LogP contribution in [-0.2, 0) is 13.2 Å². The number of azo groups is 1. The molecule has 0 spiro atoms. The second kappa shape index (κ2) is 6.85. The van der Waals surface area contributed by atoms with E-state index in [9.17, 15) is 5.11 Å². The average Bonchev–Trinajstić information content (AvgIpc) is 3.11. The Morgan fingerprint density at radius 3 is 2.61 bits per heavy atom. The largest absolute Gasteiger partial charge is 0.508 e. The topological polar surface area (TPSA) is 91.2 Å². The molecular formula is C17H15N3O3. The minimum atomic E-state index is -0.208. The molecule has 0 saturated carbocycles. The van der Waals surface area contributed by atoms with E-state index in [1.54, 1.807) is 24.4 Å². The van der Waals surface area contributed by atoms with Crippen LogP contribution >= 0.6 is 0 Å². The maximum atomic E-state index is 9.52. The fourth-order valence-corrected chi connectivity index (χ4v) is 2.11. The smallest absolute Gasteiger partial charge is 0.181 e. The summed E-state index contributed by atoms with van der Waals surface area (Å²) in [6.07, 6.45) is 3.04. The number of oxazole rings is 1. The van der Waals surface area contributed by atoms with E-state index < -0.39 is 0 Å². The summed E-state index contributed by atoms with van der Waals surface area (Å²) in [5.41, 5.74) is 3.00. The van der Waals surface area contributed by atoms with Gasteiger partial charge >= 0.3 is 0 Å². The zero-order chi connectivity index (χ0) is 16.1. The van der Waals surface area contributed by atoms with Gasteiger partial charge in [-0.25, -0.2) is 4.98 Å². The molecule has 2 N–H and O–H groups in total. The van der Waals surface area contributed by atoms with E-state index in [2.05, 4.69) is 15.2 Å². The summed E-state index contributed by atoms with van der Waals surface area (Å²) in [6, 6.07) is 12.5. The van der Waals surface area contributed by atoms with Gasteiger partial charge in [0.1, 0.15) is 5.75 Å². The van der Waals surface area contributed by atoms with E-state index in [0.717, 1.165) is 16.8 Å². The van der Waals surface area contributed by atoms with Gasteiger partial charge < -0.3 is 14.6 Å². The van der Waals surface area contributed by atoms with Crippen molar-refractivity contribution in [2.75, 3.05) is 0 Å². The third kappa shape index (κ3) is 3.61. The van der Waals surface area contributed by atoms with Crippen molar-refractivity contribution in [1.82, 2.24) is 4.98 Å². The molecule has 0 unspecified atom stereocenters. The maximum absolute atomic E-state index is 9.52. The van der Waals surface area contributed by atoms with Crippen LogP contribution in [0.15, 0.2) is 69.7 Å². The van der Waals surface area contributed by atoms with Gasteiger partial charge in [0.2, 0.25) is 0 Å². The molecule has 0 atom stereocenters. The highest BCUT2D eigenvalue weighted by Gasteiger charge is 2.02. The van der Waals surface area contributed by atoms with E-state index >= 15 is 0 Å². The Labute approximate surface area is 132 Å². The number of aromatic hydroxyl groups is 1. The normalized spacial score (nSPS) is 11.2. The van der Waals surface area contributed by atoms with Crippen molar-refractivity contribution in [3.8, 4) is 17.1 Å². The van der Waals surface area contributed by atoms with Crippen molar-refractivity contribution in [2.45, 2.75) is 13.2 Å². The van der Waals surface area contributed by atoms with E-state index in [0.29, 0.717) is 17.9 Å². The Kier molecular flexibility index (Phi) is 4.44. The number of aliphatic hydroxyl groups is 1. The third-order valence-electron chi connectivity index (χ3n) is 3.34. The number of nitrogens with zero attached hydrogens (tertiary/aromatic N) is 3. The molecule has 0 aliphatic carbocycles. The third-order valence-corrected chi connectivity index (χ3v) is 3.34. The molecule has 3 rings (SSSR count). The Morgan fingerprint density at radius 2 is 1.91 bits per heavy atom. The molecule has 3 aromatic rings. The molecule has 116 valence electrons. The summed E-state index contributed by atoms with van der Waals surface area (Å²) in [4.78, 5) is 3.88. The predicted molar refractivity (Wildman–Crippen MR) is 84.2 cm³/mol. The fourth-order valence-electron chi connectivity index (χ4n) is 2.11. The lowest BCUT2D eigenvalue weighted by molar-refractivity contribution is 0.275. The lowest BCUT2D eigenvalue weighted by Crippen LogP contribution is -1.88. The summed E-state index contributed by atoms with van der Waals surface area (Å²) in [6.45, 7) is 0.164. The van der Waals surface area contributed by atoms with Gasteiger partial charge in [0.25, 0.3) is 0 Å². The standard InChI is InChI=1S/C17H15N3O3/c21-10-14-7-12(1-6-16(14)22)8-19-20-15-4-2-13(3-5-15)17-9-18-11-23-17/h1-7,9,11,21-22H,8,10H2. The Morgan fingerprint density at radius 1 is 1.09 bits per heavy atom. The van der Waals surface area contributed by atoms with Crippen LogP contribution in [0.25, 0.3) is 11.3 Å². The molecular weight excluding hydrogens is 294 g/mol. The summed E-state index contributed by atoms with van der Waals surface area (Å²) in [5.74, 6) is 0.783. The molecule has 0 aliphatic heterocycles. The predicted octanol–water partition coefficient (Wildman–Crippen LogP) is 3.82. The number of aliphatic hydroxyl groups excluding tert-OH is 1. The van der Waals surface area contributed by atoms with Crippen LogP contribution in [0.2, 0.25) is 0 Å². The molecule has 6 nitrogen and oxygen atoms in total. The zero-order valence-electron chi connectivity index (χ0n) is 12.3. The monoisotopic (exact) mass is 309 g/mol. The van der Waals surface area contributed by atoms with E-state index in [1.807, 2.05) is 24.3 Å². The van der Waals surface area contributed by atoms with Gasteiger partial charge in [-0.2, -0.15) is 10.2 Å². The zero-order valence-corrected chi connectivity index (χ0v) is 12.3. The van der Waals surface area contributed by atoms with Crippen LogP contribution in [0, 0.1) is 0 Å². The maximum Gasteiger partial charge on any atom is 0.181 e. The van der Waals surface area contributed by atoms with Gasteiger partial charge in [-0.05, 0) is 42.0 Å². The van der Waals surface area contributed by atoms with Crippen molar-refractivity contribution in [3.63, 3.8) is 0 Å². The van der Waals surface area contributed by atoms with Gasteiger partial charge in [0.15, 0.2) is 12.2 Å². The molecule has 0 amide bonds. The van der Waals surface area contributed by atoms with Crippen LogP contribution < -0.4 is 0 Å². The van der Waals surface area contributed by atoms with Crippen LogP contribution in [0.4, 0.5) is 5.69 Å². The molecule has 0 radical (unpaired) electrons. The second-order valence-electron chi connectivity index (χ2n) is 4.93. The molecule has 1 heterocycles. The van der Waals surface area contributed by atoms with Crippen LogP contribution in [-0.4, -0.2) is 15.2 Å². The van der Waals surface area contributed by atoms with Crippen molar-refractivity contribution in [3.05, 3.63) is 66.2 Å². The highest BCUT2D eigenvalue weighted by atomic mass is 16.3. The van der Waals surface area contributed by atoms with Crippen molar-refractivity contribution in [2.24, 2.45) is 10.2 Å². The SMILES string of the molecule is OCc1cc(CN=Nc2ccc(-c3cnco3)cc2)ccc1O. The average molecular weight is 309 g/mol. The molecule has 2 aromatic carbocycles. The summed E-state index contributed by atoms with van der Waals surface area (Å²) in [7, 11) is 0. The summed E-state index contributed by atoms with van der Waals surface area (Å²) in [5, 5.41) is 26.9. The minimum absolute atomic E-state index is 0.0798. The molecule has 0 fully saturated rings. The molecule has 23 heavy (non-hydrogen) atoms. The van der Waals surface area contributed by atoms with E-state index in [-0.39, 0.29) is 12.4 Å². The molecule has 0 saturated heterocycles. The Hall–Kier alpha value is -2.99. The van der Waals surface area contributed by atoms with Gasteiger partial charge in [-0.1, -0.05) is 6.07 Å². The highest BCUT2D eigenvalue weighted by Crippen LogP contribution is 2.23. The minimum Gasteiger partial charge on any atom is -0.508 e. The van der Waals surface area contributed by atoms with Crippen molar-refractivity contribution >= 4 is 5.69 Å². The van der Waals surface area contributed by atoms with Gasteiger partial charge in [-0.15, -0.1) is 0 Å². The van der Waals surface area contributed by atoms with Gasteiger partial charge in [0, 0.05) is 11.1 Å². The van der Waals surface area contributed by atoms with E-state index in [1.165, 1.54) is 6.39 Å². The first-order valence-electron chi connectivity index (χ1n) is 7.04. The molecule has 0 aliphatic rings. The number of rotatable bonds is 5. The first-order chi connectivity index (χ1) is 11.3. The lowest BCUT2D eigenvalue weighted by Gasteiger charge is -2.03. The fraction of sp³-hybridized carbons (Fsp3) is 0.118. The van der Waals surface area contributed by atoms with Crippen LogP contribution in [0.5, 0.6) is 5.75 Å². The first kappa shape index (κ1) is 14.9. The molecule has 6 heteroatoms. The van der Waals surface area contributed by atoms with Gasteiger partial charge in [0.05, 0.1) is 25.0 Å². The summed E-state index contributed by atoms with van der Waals surface area (Å²) >= 11 is 0. The number of hydrogen-bond donors (Lipinski definition) is 2. The number of benzene rings is 2. The lowest BCUT2D eigenvalue weighted by atomic mass is 10.1. The van der Waals surface area contributed by atoms with Gasteiger partial charge in [-0.3, -0.25) is 0 Å². The second-order valence-corrected chi connectivity index (χ2v) is 4.93. The Bertz CT molecular complexity index is 796. The molecule has 0 bridgehead atoms. The quantitative estimate of drug-likeness (QED) is 0.701. The number of phenols is 1. The van der Waals surface area contributed by atoms with Crippen molar-refractivity contribution < 1.29 is 14.6 Å².